The van der Waals surface area contributed by atoms with Crippen molar-refractivity contribution >= 4 is 45.7 Å². The van der Waals surface area contributed by atoms with Gasteiger partial charge in [0.05, 0.1) is 10.6 Å². The van der Waals surface area contributed by atoms with Crippen LogP contribution in [0.15, 0.2) is 58.6 Å². The Hall–Kier alpha value is -3.49. The normalized spacial score (nSPS) is 10.7. The van der Waals surface area contributed by atoms with Crippen LogP contribution in [-0.4, -0.2) is 21.8 Å². The lowest BCUT2D eigenvalue weighted by Crippen LogP contribution is -2.11. The zero-order chi connectivity index (χ0) is 22.0. The molecule has 4 rings (SSSR count). The summed E-state index contributed by atoms with van der Waals surface area (Å²) in [5, 5.41) is 8.15. The van der Waals surface area contributed by atoms with Crippen LogP contribution in [0, 0.1) is 6.92 Å². The van der Waals surface area contributed by atoms with Gasteiger partial charge in [0.2, 0.25) is 5.91 Å². The number of benzene rings is 1. The molecule has 0 aliphatic carbocycles. The fraction of sp³-hybridized carbons (Fsp3) is 0.0909. The lowest BCUT2D eigenvalue weighted by Gasteiger charge is -2.07. The maximum absolute atomic E-state index is 13.0. The number of amides is 2. The van der Waals surface area contributed by atoms with E-state index in [1.807, 2.05) is 13.0 Å². The Balaban J connectivity index is 1.83. The third-order valence-electron chi connectivity index (χ3n) is 4.42. The van der Waals surface area contributed by atoms with Crippen molar-refractivity contribution < 1.29 is 14.0 Å². The van der Waals surface area contributed by atoms with E-state index in [0.29, 0.717) is 44.2 Å². The first-order valence-electron chi connectivity index (χ1n) is 9.26. The maximum atomic E-state index is 13.0. The van der Waals surface area contributed by atoms with Crippen LogP contribution < -0.4 is 10.6 Å². The highest BCUT2D eigenvalue weighted by atomic mass is 35.5. The molecule has 0 fully saturated rings. The first-order valence-corrected chi connectivity index (χ1v) is 10.5. The number of aryl methyl sites for hydroxylation is 1. The molecule has 31 heavy (non-hydrogen) atoms. The van der Waals surface area contributed by atoms with E-state index in [9.17, 15) is 9.59 Å². The topological polar surface area (TPSA) is 97.1 Å². The summed E-state index contributed by atoms with van der Waals surface area (Å²) < 4.78 is 6.15. The molecule has 7 nitrogen and oxygen atoms in total. The number of rotatable bonds is 5. The summed E-state index contributed by atoms with van der Waals surface area (Å²) >= 11 is 7.70. The van der Waals surface area contributed by atoms with Gasteiger partial charge in [-0.3, -0.25) is 14.9 Å². The largest absolute Gasteiger partial charge is 0.455 e. The Labute approximate surface area is 187 Å². The van der Waals surface area contributed by atoms with E-state index in [2.05, 4.69) is 20.6 Å². The van der Waals surface area contributed by atoms with E-state index < -0.39 is 0 Å². The van der Waals surface area contributed by atoms with Gasteiger partial charge in [0.25, 0.3) is 5.91 Å². The molecule has 0 radical (unpaired) electrons. The summed E-state index contributed by atoms with van der Waals surface area (Å²) in [5.41, 5.74) is 2.42. The van der Waals surface area contributed by atoms with Crippen LogP contribution in [0.2, 0.25) is 5.02 Å². The third kappa shape index (κ3) is 4.50. The average molecular weight is 453 g/mol. The predicted molar refractivity (Wildman–Crippen MR) is 121 cm³/mol. The summed E-state index contributed by atoms with van der Waals surface area (Å²) in [5.74, 6) is 0.575. The summed E-state index contributed by atoms with van der Waals surface area (Å²) in [6.45, 7) is 3.28. The fourth-order valence-electron chi connectivity index (χ4n) is 3.03. The van der Waals surface area contributed by atoms with Gasteiger partial charge in [0, 0.05) is 35.8 Å². The molecular formula is C22H17ClN4O3S. The number of anilines is 2. The van der Waals surface area contributed by atoms with Crippen molar-refractivity contribution in [1.82, 2.24) is 9.97 Å². The van der Waals surface area contributed by atoms with E-state index in [-0.39, 0.29) is 11.8 Å². The molecule has 2 N–H and O–H groups in total. The Morgan fingerprint density at radius 1 is 1.10 bits per heavy atom. The van der Waals surface area contributed by atoms with Crippen molar-refractivity contribution in [1.29, 1.82) is 0 Å². The lowest BCUT2D eigenvalue weighted by molar-refractivity contribution is -0.114. The molecule has 0 spiro atoms. The molecular weight excluding hydrogens is 436 g/mol. The van der Waals surface area contributed by atoms with Crippen LogP contribution in [-0.2, 0) is 4.79 Å². The molecule has 2 amide bonds. The molecule has 0 bridgehead atoms. The smallest absolute Gasteiger partial charge is 0.261 e. The van der Waals surface area contributed by atoms with Crippen molar-refractivity contribution in [3.05, 3.63) is 70.3 Å². The average Bonchev–Trinajstić information content (AvgIpc) is 3.39. The van der Waals surface area contributed by atoms with Gasteiger partial charge in [-0.25, -0.2) is 9.97 Å². The van der Waals surface area contributed by atoms with Crippen LogP contribution in [0.5, 0.6) is 0 Å². The zero-order valence-corrected chi connectivity index (χ0v) is 18.2. The Kier molecular flexibility index (Phi) is 5.83. The summed E-state index contributed by atoms with van der Waals surface area (Å²) in [6, 6.07) is 10.5. The molecule has 1 aromatic carbocycles. The van der Waals surface area contributed by atoms with E-state index >= 15 is 0 Å². The van der Waals surface area contributed by atoms with Crippen LogP contribution in [0.4, 0.5) is 10.9 Å². The lowest BCUT2D eigenvalue weighted by atomic mass is 10.1. The molecule has 0 aliphatic heterocycles. The van der Waals surface area contributed by atoms with Crippen molar-refractivity contribution in [2.75, 3.05) is 10.6 Å². The number of nitrogens with one attached hydrogen (secondary N) is 2. The van der Waals surface area contributed by atoms with E-state index in [0.717, 1.165) is 5.56 Å². The first-order chi connectivity index (χ1) is 14.9. The highest BCUT2D eigenvalue weighted by Crippen LogP contribution is 2.38. The van der Waals surface area contributed by atoms with Crippen molar-refractivity contribution in [3.63, 3.8) is 0 Å². The molecule has 0 unspecified atom stereocenters. The van der Waals surface area contributed by atoms with Gasteiger partial charge in [0.15, 0.2) is 5.13 Å². The number of carbonyl (C=O) groups is 2. The van der Waals surface area contributed by atoms with Gasteiger partial charge in [-0.15, -0.1) is 11.3 Å². The molecule has 156 valence electrons. The number of nitrogens with zero attached hydrogens (tertiary/aromatic N) is 2. The highest BCUT2D eigenvalue weighted by molar-refractivity contribution is 7.13. The number of furan rings is 1. The number of hydrogen-bond acceptors (Lipinski definition) is 6. The van der Waals surface area contributed by atoms with E-state index in [4.69, 9.17) is 16.0 Å². The monoisotopic (exact) mass is 452 g/mol. The number of halogens is 1. The number of thiazole rings is 1. The van der Waals surface area contributed by atoms with E-state index in [1.54, 1.807) is 48.1 Å². The number of pyridine rings is 1. The molecule has 0 saturated carbocycles. The standard InChI is InChI=1S/C22H17ClN4O3S/c1-12-11-25-19(26-13(2)28)10-15(12)18-9-16(21(29)27-22-24-7-8-31-22)20(30-18)14-5-3-4-6-17(14)23/h3-11H,1-2H3,(H,24,27,29)(H,25,26,28). The summed E-state index contributed by atoms with van der Waals surface area (Å²) in [4.78, 5) is 32.8. The second-order valence-corrected chi connectivity index (χ2v) is 7.99. The maximum Gasteiger partial charge on any atom is 0.261 e. The van der Waals surface area contributed by atoms with E-state index in [1.165, 1.54) is 18.3 Å². The second-order valence-electron chi connectivity index (χ2n) is 6.69. The molecule has 0 atom stereocenters. The third-order valence-corrected chi connectivity index (χ3v) is 5.44. The van der Waals surface area contributed by atoms with Crippen LogP contribution in [0.3, 0.4) is 0 Å². The van der Waals surface area contributed by atoms with Crippen LogP contribution in [0.25, 0.3) is 22.6 Å². The molecule has 4 aromatic rings. The Bertz CT molecular complexity index is 1270. The van der Waals surface area contributed by atoms with Gasteiger partial charge in [-0.05, 0) is 36.8 Å². The molecule has 0 saturated heterocycles. The molecule has 0 aliphatic rings. The molecule has 3 heterocycles. The van der Waals surface area contributed by atoms with Gasteiger partial charge in [-0.1, -0.05) is 23.7 Å². The predicted octanol–water partition coefficient (Wildman–Crippen LogP) is 5.64. The van der Waals surface area contributed by atoms with Crippen LogP contribution in [0.1, 0.15) is 22.8 Å². The van der Waals surface area contributed by atoms with Gasteiger partial charge in [-0.2, -0.15) is 0 Å². The number of aromatic nitrogens is 2. The SMILES string of the molecule is CC(=O)Nc1cc(-c2cc(C(=O)Nc3nccs3)c(-c3ccccc3Cl)o2)c(C)cn1. The second kappa shape index (κ2) is 8.71. The molecule has 3 aromatic heterocycles. The van der Waals surface area contributed by atoms with Crippen molar-refractivity contribution in [3.8, 4) is 22.6 Å². The summed E-state index contributed by atoms with van der Waals surface area (Å²) in [6.07, 6.45) is 3.24. The van der Waals surface area contributed by atoms with Crippen LogP contribution >= 0.6 is 22.9 Å². The van der Waals surface area contributed by atoms with Gasteiger partial charge < -0.3 is 9.73 Å². The minimum absolute atomic E-state index is 0.234. The first kappa shape index (κ1) is 20.8. The zero-order valence-electron chi connectivity index (χ0n) is 16.6. The number of carbonyl (C=O) groups excluding carboxylic acids is 2. The van der Waals surface area contributed by atoms with Crippen molar-refractivity contribution in [2.24, 2.45) is 0 Å². The molecule has 9 heteroatoms. The quantitative estimate of drug-likeness (QED) is 0.408. The van der Waals surface area contributed by atoms with Gasteiger partial charge >= 0.3 is 0 Å². The highest BCUT2D eigenvalue weighted by Gasteiger charge is 2.23. The fourth-order valence-corrected chi connectivity index (χ4v) is 3.77. The van der Waals surface area contributed by atoms with Crippen molar-refractivity contribution in [2.45, 2.75) is 13.8 Å². The van der Waals surface area contributed by atoms with Gasteiger partial charge in [0.1, 0.15) is 17.3 Å². The number of hydrogen-bond donors (Lipinski definition) is 2. The summed E-state index contributed by atoms with van der Waals surface area (Å²) in [7, 11) is 0. The minimum atomic E-state index is -0.367. The minimum Gasteiger partial charge on any atom is -0.455 e. The Morgan fingerprint density at radius 2 is 1.90 bits per heavy atom. The Morgan fingerprint density at radius 3 is 2.61 bits per heavy atom.